The molecule has 0 spiro atoms. The van der Waals surface area contributed by atoms with E-state index in [2.05, 4.69) is 5.32 Å². The standard InChI is InChI=1S/C23H30N2O8/c1-6-16-9-7-8-12(2)20(16)25-22-19(24-23(25)29)21(32-15(5)28)18(33-22)10-17(31-14(4)27)11-30-13(3)26/h7-9,17-19,21-22H,6,10-11H2,1-5H3,(H,24,29)/t17-,18-,19-,21+,22+/m1/s1. The number of carbonyl (C=O) groups is 4. The maximum Gasteiger partial charge on any atom is 0.324 e. The second kappa shape index (κ2) is 10.2. The molecule has 2 heterocycles. The quantitative estimate of drug-likeness (QED) is 0.460. The molecule has 33 heavy (non-hydrogen) atoms. The van der Waals surface area contributed by atoms with Crippen molar-refractivity contribution in [1.82, 2.24) is 5.32 Å². The van der Waals surface area contributed by atoms with Crippen LogP contribution in [0.3, 0.4) is 0 Å². The third-order valence-electron chi connectivity index (χ3n) is 5.65. The summed E-state index contributed by atoms with van der Waals surface area (Å²) in [5, 5.41) is 2.88. The van der Waals surface area contributed by atoms with Crippen LogP contribution in [-0.4, -0.2) is 61.1 Å². The number of fused-ring (bicyclic) bond motifs is 1. The SMILES string of the molecule is CCc1cccc(C)c1N1C(=O)N[C@@H]2[C@@H](OC(C)=O)[C@@H](C[C@H](COC(C)=O)OC(C)=O)O[C@@H]21. The number of nitrogens with one attached hydrogen (secondary N) is 1. The summed E-state index contributed by atoms with van der Waals surface area (Å²) in [5.74, 6) is -1.59. The number of anilines is 1. The molecule has 1 aromatic carbocycles. The van der Waals surface area contributed by atoms with Gasteiger partial charge in [0, 0.05) is 27.2 Å². The van der Waals surface area contributed by atoms with Gasteiger partial charge in [-0.15, -0.1) is 0 Å². The first-order chi connectivity index (χ1) is 15.6. The zero-order valence-corrected chi connectivity index (χ0v) is 19.5. The lowest BCUT2D eigenvalue weighted by molar-refractivity contribution is -0.161. The Balaban J connectivity index is 1.90. The molecule has 0 unspecified atom stereocenters. The van der Waals surface area contributed by atoms with Crippen LogP contribution in [0.15, 0.2) is 18.2 Å². The number of hydrogen-bond donors (Lipinski definition) is 1. The van der Waals surface area contributed by atoms with Gasteiger partial charge in [-0.3, -0.25) is 19.3 Å². The summed E-state index contributed by atoms with van der Waals surface area (Å²) in [6.45, 7) is 7.54. The first kappa shape index (κ1) is 24.5. The van der Waals surface area contributed by atoms with Gasteiger partial charge in [0.1, 0.15) is 24.9 Å². The Labute approximate surface area is 192 Å². The van der Waals surface area contributed by atoms with Crippen molar-refractivity contribution >= 4 is 29.6 Å². The summed E-state index contributed by atoms with van der Waals surface area (Å²) < 4.78 is 22.1. The topological polar surface area (TPSA) is 120 Å². The van der Waals surface area contributed by atoms with Gasteiger partial charge in [-0.1, -0.05) is 25.1 Å². The van der Waals surface area contributed by atoms with Gasteiger partial charge < -0.3 is 24.3 Å². The average Bonchev–Trinajstić information content (AvgIpc) is 3.20. The van der Waals surface area contributed by atoms with E-state index in [1.807, 2.05) is 32.0 Å². The van der Waals surface area contributed by atoms with Gasteiger partial charge in [-0.05, 0) is 24.5 Å². The van der Waals surface area contributed by atoms with Crippen molar-refractivity contribution in [3.63, 3.8) is 0 Å². The fourth-order valence-corrected chi connectivity index (χ4v) is 4.40. The highest BCUT2D eigenvalue weighted by molar-refractivity contribution is 5.97. The summed E-state index contributed by atoms with van der Waals surface area (Å²) in [7, 11) is 0. The van der Waals surface area contributed by atoms with Gasteiger partial charge in [0.25, 0.3) is 0 Å². The maximum atomic E-state index is 13.0. The van der Waals surface area contributed by atoms with E-state index in [1.54, 1.807) is 4.90 Å². The Morgan fingerprint density at radius 1 is 1.15 bits per heavy atom. The summed E-state index contributed by atoms with van der Waals surface area (Å²) in [6.07, 6.45) is -2.24. The van der Waals surface area contributed by atoms with Crippen molar-refractivity contribution in [2.75, 3.05) is 11.5 Å². The lowest BCUT2D eigenvalue weighted by Crippen LogP contribution is -2.44. The molecule has 0 aromatic heterocycles. The molecule has 0 bridgehead atoms. The lowest BCUT2D eigenvalue weighted by Gasteiger charge is -2.28. The Kier molecular flexibility index (Phi) is 7.57. The molecule has 5 atom stereocenters. The Hall–Kier alpha value is -3.14. The number of benzene rings is 1. The molecule has 10 heteroatoms. The number of carbonyl (C=O) groups excluding carboxylic acids is 4. The van der Waals surface area contributed by atoms with E-state index in [9.17, 15) is 19.2 Å². The van der Waals surface area contributed by atoms with Gasteiger partial charge >= 0.3 is 23.9 Å². The molecular formula is C23H30N2O8. The minimum atomic E-state index is -0.814. The van der Waals surface area contributed by atoms with Crippen molar-refractivity contribution in [2.24, 2.45) is 0 Å². The van der Waals surface area contributed by atoms with E-state index in [4.69, 9.17) is 18.9 Å². The van der Waals surface area contributed by atoms with Crippen molar-refractivity contribution in [2.45, 2.75) is 78.0 Å². The molecule has 1 N–H and O–H groups in total. The molecular weight excluding hydrogens is 432 g/mol. The number of hydrogen-bond acceptors (Lipinski definition) is 8. The van der Waals surface area contributed by atoms with E-state index in [-0.39, 0.29) is 19.1 Å². The smallest absolute Gasteiger partial charge is 0.324 e. The highest BCUT2D eigenvalue weighted by Gasteiger charge is 2.56. The minimum Gasteiger partial charge on any atom is -0.462 e. The highest BCUT2D eigenvalue weighted by atomic mass is 16.6. The first-order valence-electron chi connectivity index (χ1n) is 10.9. The molecule has 2 amide bonds. The fourth-order valence-electron chi connectivity index (χ4n) is 4.40. The normalized spacial score (nSPS) is 24.6. The maximum absolute atomic E-state index is 13.0. The summed E-state index contributed by atoms with van der Waals surface area (Å²) >= 11 is 0. The molecule has 1 aromatic rings. The third-order valence-corrected chi connectivity index (χ3v) is 5.65. The zero-order chi connectivity index (χ0) is 24.3. The van der Waals surface area contributed by atoms with E-state index < -0.39 is 48.5 Å². The van der Waals surface area contributed by atoms with Crippen LogP contribution in [0.2, 0.25) is 0 Å². The molecule has 3 rings (SSSR count). The van der Waals surface area contributed by atoms with Crippen molar-refractivity contribution < 1.29 is 38.1 Å². The molecule has 180 valence electrons. The molecule has 0 saturated carbocycles. The van der Waals surface area contributed by atoms with Gasteiger partial charge in [0.05, 0.1) is 5.69 Å². The molecule has 2 fully saturated rings. The van der Waals surface area contributed by atoms with Crippen molar-refractivity contribution in [3.05, 3.63) is 29.3 Å². The van der Waals surface area contributed by atoms with Crippen LogP contribution >= 0.6 is 0 Å². The number of rotatable bonds is 8. The number of amides is 2. The van der Waals surface area contributed by atoms with Crippen LogP contribution in [0.5, 0.6) is 0 Å². The Morgan fingerprint density at radius 2 is 1.88 bits per heavy atom. The molecule has 10 nitrogen and oxygen atoms in total. The minimum absolute atomic E-state index is 0.107. The second-order valence-electron chi connectivity index (χ2n) is 8.19. The van der Waals surface area contributed by atoms with E-state index >= 15 is 0 Å². The number of ether oxygens (including phenoxy) is 4. The summed E-state index contributed by atoms with van der Waals surface area (Å²) in [6, 6.07) is 4.83. The van der Waals surface area contributed by atoms with Gasteiger partial charge in [0.2, 0.25) is 0 Å². The van der Waals surface area contributed by atoms with Crippen molar-refractivity contribution in [3.8, 4) is 0 Å². The highest BCUT2D eigenvalue weighted by Crippen LogP contribution is 2.38. The van der Waals surface area contributed by atoms with Crippen LogP contribution in [0, 0.1) is 6.92 Å². The predicted molar refractivity (Wildman–Crippen MR) is 116 cm³/mol. The van der Waals surface area contributed by atoms with Gasteiger partial charge in [0.15, 0.2) is 12.3 Å². The van der Waals surface area contributed by atoms with Crippen LogP contribution in [0.4, 0.5) is 10.5 Å². The molecule has 0 radical (unpaired) electrons. The summed E-state index contributed by atoms with van der Waals surface area (Å²) in [4.78, 5) is 49.2. The average molecular weight is 462 g/mol. The Morgan fingerprint density at radius 3 is 2.48 bits per heavy atom. The van der Waals surface area contributed by atoms with E-state index in [0.29, 0.717) is 6.42 Å². The zero-order valence-electron chi connectivity index (χ0n) is 19.5. The van der Waals surface area contributed by atoms with Crippen LogP contribution < -0.4 is 10.2 Å². The molecule has 0 aliphatic carbocycles. The number of esters is 3. The molecule has 2 saturated heterocycles. The number of aryl methyl sites for hydroxylation is 2. The fraction of sp³-hybridized carbons (Fsp3) is 0.565. The van der Waals surface area contributed by atoms with E-state index in [1.165, 1.54) is 20.8 Å². The van der Waals surface area contributed by atoms with Crippen LogP contribution in [0.1, 0.15) is 45.2 Å². The lowest BCUT2D eigenvalue weighted by atomic mass is 10.0. The molecule has 2 aliphatic rings. The summed E-state index contributed by atoms with van der Waals surface area (Å²) in [5.41, 5.74) is 2.65. The first-order valence-corrected chi connectivity index (χ1v) is 10.9. The van der Waals surface area contributed by atoms with Crippen LogP contribution in [0.25, 0.3) is 0 Å². The van der Waals surface area contributed by atoms with Gasteiger partial charge in [-0.2, -0.15) is 0 Å². The predicted octanol–water partition coefficient (Wildman–Crippen LogP) is 2.00. The van der Waals surface area contributed by atoms with E-state index in [0.717, 1.165) is 16.8 Å². The second-order valence-corrected chi connectivity index (χ2v) is 8.19. The molecule has 2 aliphatic heterocycles. The number of nitrogens with zero attached hydrogens (tertiary/aromatic N) is 1. The number of urea groups is 1. The monoisotopic (exact) mass is 462 g/mol. The van der Waals surface area contributed by atoms with Crippen LogP contribution in [-0.2, 0) is 39.8 Å². The van der Waals surface area contributed by atoms with Gasteiger partial charge in [-0.25, -0.2) is 4.79 Å². The third kappa shape index (κ3) is 5.44. The largest absolute Gasteiger partial charge is 0.462 e. The van der Waals surface area contributed by atoms with Crippen molar-refractivity contribution in [1.29, 1.82) is 0 Å². The Bertz CT molecular complexity index is 933. The number of para-hydroxylation sites is 1.